The zero-order valence-corrected chi connectivity index (χ0v) is 15.0. The van der Waals surface area contributed by atoms with Crippen LogP contribution in [0.4, 0.5) is 0 Å². The lowest BCUT2D eigenvalue weighted by atomic mass is 10.1. The van der Waals surface area contributed by atoms with E-state index in [1.807, 2.05) is 65.7 Å². The van der Waals surface area contributed by atoms with Gasteiger partial charge in [0.15, 0.2) is 0 Å². The summed E-state index contributed by atoms with van der Waals surface area (Å²) in [5, 5.41) is 2.75. The minimum atomic E-state index is -0.120. The molecular formula is C20H19N3O2S. The number of ether oxygens (including phenoxy) is 1. The molecule has 1 amide bonds. The van der Waals surface area contributed by atoms with Crippen molar-refractivity contribution in [1.29, 1.82) is 0 Å². The van der Waals surface area contributed by atoms with Crippen LogP contribution in [0.1, 0.15) is 9.67 Å². The Hall–Kier alpha value is -2.54. The summed E-state index contributed by atoms with van der Waals surface area (Å²) in [6.45, 7) is 2.64. The molecule has 1 aliphatic rings. The Kier molecular flexibility index (Phi) is 5.06. The van der Waals surface area contributed by atoms with E-state index < -0.39 is 0 Å². The van der Waals surface area contributed by atoms with Crippen LogP contribution in [0.3, 0.4) is 0 Å². The number of thiazole rings is 1. The summed E-state index contributed by atoms with van der Waals surface area (Å²) >= 11 is 1.42. The SMILES string of the molecule is O=C(NN1CCOCC1)c1sc(-c2ccccc2)nc1-c1ccccc1. The minimum Gasteiger partial charge on any atom is -0.379 e. The van der Waals surface area contributed by atoms with Crippen molar-refractivity contribution in [2.75, 3.05) is 26.3 Å². The van der Waals surface area contributed by atoms with E-state index in [-0.39, 0.29) is 5.91 Å². The zero-order chi connectivity index (χ0) is 17.8. The monoisotopic (exact) mass is 365 g/mol. The van der Waals surface area contributed by atoms with Crippen molar-refractivity contribution in [3.05, 3.63) is 65.5 Å². The Balaban J connectivity index is 1.69. The van der Waals surface area contributed by atoms with Gasteiger partial charge in [0, 0.05) is 24.2 Å². The van der Waals surface area contributed by atoms with Crippen molar-refractivity contribution in [3.63, 3.8) is 0 Å². The van der Waals surface area contributed by atoms with Crippen LogP contribution in [0, 0.1) is 0 Å². The molecule has 2 aromatic carbocycles. The smallest absolute Gasteiger partial charge is 0.277 e. The third-order valence-corrected chi connectivity index (χ3v) is 5.28. The molecule has 4 rings (SSSR count). The first-order chi connectivity index (χ1) is 12.8. The molecule has 1 saturated heterocycles. The molecule has 1 N–H and O–H groups in total. The summed E-state index contributed by atoms with van der Waals surface area (Å²) in [7, 11) is 0. The van der Waals surface area contributed by atoms with Gasteiger partial charge in [-0.1, -0.05) is 60.7 Å². The second-order valence-corrected chi connectivity index (χ2v) is 6.97. The van der Waals surface area contributed by atoms with Gasteiger partial charge in [0.25, 0.3) is 5.91 Å². The van der Waals surface area contributed by atoms with E-state index in [1.165, 1.54) is 11.3 Å². The highest BCUT2D eigenvalue weighted by molar-refractivity contribution is 7.17. The van der Waals surface area contributed by atoms with Crippen molar-refractivity contribution < 1.29 is 9.53 Å². The van der Waals surface area contributed by atoms with Crippen LogP contribution >= 0.6 is 11.3 Å². The molecule has 0 aliphatic carbocycles. The number of hydrazine groups is 1. The molecule has 0 bridgehead atoms. The van der Waals surface area contributed by atoms with E-state index in [0.29, 0.717) is 31.2 Å². The van der Waals surface area contributed by atoms with Crippen LogP contribution in [0.5, 0.6) is 0 Å². The number of hydrogen-bond donors (Lipinski definition) is 1. The summed E-state index contributed by atoms with van der Waals surface area (Å²) < 4.78 is 5.34. The van der Waals surface area contributed by atoms with Crippen molar-refractivity contribution in [1.82, 2.24) is 15.4 Å². The van der Waals surface area contributed by atoms with Crippen LogP contribution < -0.4 is 5.43 Å². The summed E-state index contributed by atoms with van der Waals surface area (Å²) in [5.74, 6) is -0.120. The molecule has 3 aromatic rings. The standard InChI is InChI=1S/C20H19N3O2S/c24-19(22-23-11-13-25-14-12-23)18-17(15-7-3-1-4-8-15)21-20(26-18)16-9-5-2-6-10-16/h1-10H,11-14H2,(H,22,24). The highest BCUT2D eigenvalue weighted by Crippen LogP contribution is 2.33. The molecule has 5 nitrogen and oxygen atoms in total. The number of nitrogens with zero attached hydrogens (tertiary/aromatic N) is 2. The third-order valence-electron chi connectivity index (χ3n) is 4.17. The van der Waals surface area contributed by atoms with Gasteiger partial charge < -0.3 is 4.74 Å². The van der Waals surface area contributed by atoms with Crippen LogP contribution in [0.2, 0.25) is 0 Å². The fourth-order valence-electron chi connectivity index (χ4n) is 2.84. The first-order valence-corrected chi connectivity index (χ1v) is 9.38. The van der Waals surface area contributed by atoms with Crippen molar-refractivity contribution >= 4 is 17.2 Å². The van der Waals surface area contributed by atoms with Crippen molar-refractivity contribution in [3.8, 4) is 21.8 Å². The molecular weight excluding hydrogens is 346 g/mol. The van der Waals surface area contributed by atoms with E-state index in [9.17, 15) is 4.79 Å². The first-order valence-electron chi connectivity index (χ1n) is 8.56. The molecule has 0 spiro atoms. The van der Waals surface area contributed by atoms with E-state index in [2.05, 4.69) is 5.43 Å². The molecule has 0 radical (unpaired) electrons. The highest BCUT2D eigenvalue weighted by atomic mass is 32.1. The van der Waals surface area contributed by atoms with Crippen LogP contribution in [-0.2, 0) is 4.74 Å². The number of aromatic nitrogens is 1. The van der Waals surface area contributed by atoms with Gasteiger partial charge in [-0.15, -0.1) is 11.3 Å². The number of nitrogens with one attached hydrogen (secondary N) is 1. The van der Waals surface area contributed by atoms with Gasteiger partial charge in [-0.25, -0.2) is 9.99 Å². The summed E-state index contributed by atoms with van der Waals surface area (Å²) in [4.78, 5) is 18.3. The maximum absolute atomic E-state index is 12.9. The molecule has 6 heteroatoms. The molecule has 1 fully saturated rings. The van der Waals surface area contributed by atoms with E-state index >= 15 is 0 Å². The molecule has 0 atom stereocenters. The molecule has 26 heavy (non-hydrogen) atoms. The predicted octanol–water partition coefficient (Wildman–Crippen LogP) is 3.45. The fourth-order valence-corrected chi connectivity index (χ4v) is 3.82. The van der Waals surface area contributed by atoms with Crippen LogP contribution in [0.25, 0.3) is 21.8 Å². The van der Waals surface area contributed by atoms with Gasteiger partial charge in [-0.2, -0.15) is 0 Å². The van der Waals surface area contributed by atoms with Gasteiger partial charge in [-0.05, 0) is 0 Å². The Bertz CT molecular complexity index is 875. The number of benzene rings is 2. The molecule has 0 unspecified atom stereocenters. The fraction of sp³-hybridized carbons (Fsp3) is 0.200. The zero-order valence-electron chi connectivity index (χ0n) is 14.2. The summed E-state index contributed by atoms with van der Waals surface area (Å²) in [6, 6.07) is 19.8. The number of rotatable bonds is 4. The molecule has 132 valence electrons. The molecule has 2 heterocycles. The van der Waals surface area contributed by atoms with Crippen molar-refractivity contribution in [2.24, 2.45) is 0 Å². The van der Waals surface area contributed by atoms with Gasteiger partial charge in [0.2, 0.25) is 0 Å². The van der Waals surface area contributed by atoms with Gasteiger partial charge in [-0.3, -0.25) is 10.2 Å². The molecule has 1 aliphatic heterocycles. The number of carbonyl (C=O) groups is 1. The number of amides is 1. The van der Waals surface area contributed by atoms with Gasteiger partial charge in [0.05, 0.1) is 18.9 Å². The first kappa shape index (κ1) is 16.9. The van der Waals surface area contributed by atoms with Crippen LogP contribution in [0.15, 0.2) is 60.7 Å². The maximum atomic E-state index is 12.9. The average Bonchev–Trinajstić information content (AvgIpc) is 3.16. The third kappa shape index (κ3) is 3.67. The van der Waals surface area contributed by atoms with Crippen LogP contribution in [-0.4, -0.2) is 42.2 Å². The average molecular weight is 365 g/mol. The van der Waals surface area contributed by atoms with E-state index in [1.54, 1.807) is 0 Å². The molecule has 0 saturated carbocycles. The lowest BCUT2D eigenvalue weighted by molar-refractivity contribution is 0.0128. The largest absolute Gasteiger partial charge is 0.379 e. The number of hydrogen-bond acceptors (Lipinski definition) is 5. The number of morpholine rings is 1. The van der Waals surface area contributed by atoms with Crippen molar-refractivity contribution in [2.45, 2.75) is 0 Å². The Morgan fingerprint density at radius 2 is 1.58 bits per heavy atom. The maximum Gasteiger partial charge on any atom is 0.277 e. The minimum absolute atomic E-state index is 0.120. The molecule has 1 aromatic heterocycles. The van der Waals surface area contributed by atoms with E-state index in [4.69, 9.17) is 9.72 Å². The van der Waals surface area contributed by atoms with Gasteiger partial charge >= 0.3 is 0 Å². The Morgan fingerprint density at radius 1 is 0.962 bits per heavy atom. The summed E-state index contributed by atoms with van der Waals surface area (Å²) in [6.07, 6.45) is 0. The second-order valence-electron chi connectivity index (χ2n) is 5.97. The normalized spacial score (nSPS) is 14.9. The Labute approximate surface area is 156 Å². The summed E-state index contributed by atoms with van der Waals surface area (Å²) in [5.41, 5.74) is 5.67. The topological polar surface area (TPSA) is 54.5 Å². The Morgan fingerprint density at radius 3 is 2.23 bits per heavy atom. The lowest BCUT2D eigenvalue weighted by Crippen LogP contribution is -2.48. The second kappa shape index (κ2) is 7.78. The predicted molar refractivity (Wildman–Crippen MR) is 103 cm³/mol. The lowest BCUT2D eigenvalue weighted by Gasteiger charge is -2.26. The number of carbonyl (C=O) groups excluding carboxylic acids is 1. The quantitative estimate of drug-likeness (QED) is 0.769. The van der Waals surface area contributed by atoms with Gasteiger partial charge in [0.1, 0.15) is 9.88 Å². The highest BCUT2D eigenvalue weighted by Gasteiger charge is 2.22. The van der Waals surface area contributed by atoms with E-state index in [0.717, 1.165) is 21.8 Å².